The third-order valence-electron chi connectivity index (χ3n) is 6.98. The van der Waals surface area contributed by atoms with Crippen LogP contribution in [0.1, 0.15) is 21.5 Å². The number of fused-ring (bicyclic) bond motifs is 2. The molecular weight excluding hydrogens is 446 g/mol. The Hall–Kier alpha value is -2.65. The van der Waals surface area contributed by atoms with Gasteiger partial charge in [0, 0.05) is 51.9 Å². The molecule has 2 aromatic rings. The second-order valence-corrected chi connectivity index (χ2v) is 9.47. The second kappa shape index (κ2) is 11.4. The van der Waals surface area contributed by atoms with Crippen molar-refractivity contribution < 1.29 is 24.1 Å². The number of benzene rings is 2. The highest BCUT2D eigenvalue weighted by Crippen LogP contribution is 2.28. The molecule has 0 bridgehead atoms. The standard InChI is InChI=1S/C27H35N3O5/c31-23(19-29-8-7-21-3-1-2-4-22(21)18-29)20-30-12-16-35-26-17-24(5-6-25(26)27(30)32)34-15-11-28-9-13-33-14-10-28/h1-6,17,23,31H,7-16,18-20H2. The Labute approximate surface area is 207 Å². The Morgan fingerprint density at radius 2 is 1.77 bits per heavy atom. The van der Waals surface area contributed by atoms with E-state index in [0.717, 1.165) is 52.4 Å². The maximum absolute atomic E-state index is 13.2. The lowest BCUT2D eigenvalue weighted by atomic mass is 10.00. The van der Waals surface area contributed by atoms with Gasteiger partial charge in [0.25, 0.3) is 5.91 Å². The minimum Gasteiger partial charge on any atom is -0.492 e. The van der Waals surface area contributed by atoms with Crippen LogP contribution in [0.4, 0.5) is 0 Å². The zero-order valence-electron chi connectivity index (χ0n) is 20.2. The van der Waals surface area contributed by atoms with Crippen molar-refractivity contribution in [1.29, 1.82) is 0 Å². The summed E-state index contributed by atoms with van der Waals surface area (Å²) >= 11 is 0. The summed E-state index contributed by atoms with van der Waals surface area (Å²) in [7, 11) is 0. The molecule has 3 aliphatic rings. The predicted molar refractivity (Wildman–Crippen MR) is 132 cm³/mol. The molecule has 35 heavy (non-hydrogen) atoms. The van der Waals surface area contributed by atoms with Crippen molar-refractivity contribution in [2.75, 3.05) is 72.2 Å². The van der Waals surface area contributed by atoms with Gasteiger partial charge in [0.2, 0.25) is 0 Å². The van der Waals surface area contributed by atoms with Crippen molar-refractivity contribution in [3.05, 3.63) is 59.2 Å². The van der Waals surface area contributed by atoms with Crippen molar-refractivity contribution in [2.45, 2.75) is 19.1 Å². The third kappa shape index (κ3) is 6.13. The van der Waals surface area contributed by atoms with Crippen LogP contribution < -0.4 is 9.47 Å². The van der Waals surface area contributed by atoms with Crippen LogP contribution in [-0.4, -0.2) is 104 Å². The summed E-state index contributed by atoms with van der Waals surface area (Å²) in [5.41, 5.74) is 3.23. The van der Waals surface area contributed by atoms with E-state index in [1.165, 1.54) is 11.1 Å². The molecule has 1 N–H and O–H groups in total. The number of rotatable bonds is 8. The molecule has 0 radical (unpaired) electrons. The van der Waals surface area contributed by atoms with E-state index in [9.17, 15) is 9.90 Å². The summed E-state index contributed by atoms with van der Waals surface area (Å²) in [6.45, 7) is 8.23. The predicted octanol–water partition coefficient (Wildman–Crippen LogP) is 1.65. The highest BCUT2D eigenvalue weighted by atomic mass is 16.5. The topological polar surface area (TPSA) is 74.7 Å². The largest absolute Gasteiger partial charge is 0.492 e. The first-order chi connectivity index (χ1) is 17.2. The summed E-state index contributed by atoms with van der Waals surface area (Å²) in [6, 6.07) is 13.9. The fraction of sp³-hybridized carbons (Fsp3) is 0.519. The van der Waals surface area contributed by atoms with Crippen molar-refractivity contribution in [3.63, 3.8) is 0 Å². The van der Waals surface area contributed by atoms with E-state index in [2.05, 4.69) is 34.1 Å². The second-order valence-electron chi connectivity index (χ2n) is 9.47. The van der Waals surface area contributed by atoms with Gasteiger partial charge in [-0.15, -0.1) is 0 Å². The van der Waals surface area contributed by atoms with Gasteiger partial charge in [0.15, 0.2) is 0 Å². The molecule has 1 atom stereocenters. The smallest absolute Gasteiger partial charge is 0.257 e. The van der Waals surface area contributed by atoms with Crippen molar-refractivity contribution in [2.24, 2.45) is 0 Å². The van der Waals surface area contributed by atoms with Gasteiger partial charge in [-0.3, -0.25) is 14.6 Å². The molecule has 1 unspecified atom stereocenters. The quantitative estimate of drug-likeness (QED) is 0.615. The zero-order chi connectivity index (χ0) is 24.0. The number of amides is 1. The van der Waals surface area contributed by atoms with E-state index in [0.29, 0.717) is 43.4 Å². The van der Waals surface area contributed by atoms with E-state index < -0.39 is 6.10 Å². The summed E-state index contributed by atoms with van der Waals surface area (Å²) < 4.78 is 17.2. The highest BCUT2D eigenvalue weighted by Gasteiger charge is 2.27. The zero-order valence-corrected chi connectivity index (χ0v) is 20.2. The SMILES string of the molecule is O=C1c2ccc(OCCN3CCOCC3)cc2OCCN1CC(O)CN1CCc2ccccc2C1. The Kier molecular flexibility index (Phi) is 7.83. The molecule has 0 saturated carbocycles. The molecule has 1 amide bonds. The van der Waals surface area contributed by atoms with Crippen LogP contribution in [0, 0.1) is 0 Å². The lowest BCUT2D eigenvalue weighted by Gasteiger charge is -2.32. The van der Waals surface area contributed by atoms with E-state index >= 15 is 0 Å². The van der Waals surface area contributed by atoms with E-state index in [4.69, 9.17) is 14.2 Å². The average molecular weight is 482 g/mol. The first-order valence-corrected chi connectivity index (χ1v) is 12.6. The number of morpholine rings is 1. The van der Waals surface area contributed by atoms with Gasteiger partial charge >= 0.3 is 0 Å². The number of β-amino-alcohol motifs (C(OH)–C–C–N with tert-alkyl or cyclic N) is 1. The van der Waals surface area contributed by atoms with Crippen LogP contribution in [-0.2, 0) is 17.7 Å². The molecule has 0 aromatic heterocycles. The number of nitrogens with zero attached hydrogens (tertiary/aromatic N) is 3. The van der Waals surface area contributed by atoms with Crippen LogP contribution in [0.25, 0.3) is 0 Å². The first kappa shape index (κ1) is 24.1. The van der Waals surface area contributed by atoms with Gasteiger partial charge in [-0.2, -0.15) is 0 Å². The Bertz CT molecular complexity index is 1010. The Morgan fingerprint density at radius 3 is 2.63 bits per heavy atom. The van der Waals surface area contributed by atoms with Crippen LogP contribution in [0.2, 0.25) is 0 Å². The summed E-state index contributed by atoms with van der Waals surface area (Å²) in [5, 5.41) is 10.8. The lowest BCUT2D eigenvalue weighted by Crippen LogP contribution is -2.44. The lowest BCUT2D eigenvalue weighted by molar-refractivity contribution is 0.0322. The average Bonchev–Trinajstić information content (AvgIpc) is 3.03. The normalized spacial score (nSPS) is 19.9. The molecule has 3 aliphatic heterocycles. The van der Waals surface area contributed by atoms with Gasteiger partial charge < -0.3 is 24.2 Å². The fourth-order valence-electron chi connectivity index (χ4n) is 5.04. The molecule has 8 nitrogen and oxygen atoms in total. The van der Waals surface area contributed by atoms with Gasteiger partial charge in [0.1, 0.15) is 24.7 Å². The number of carbonyl (C=O) groups is 1. The molecular formula is C27H35N3O5. The molecule has 1 saturated heterocycles. The van der Waals surface area contributed by atoms with E-state index in [1.54, 1.807) is 17.0 Å². The molecule has 2 aromatic carbocycles. The summed E-state index contributed by atoms with van der Waals surface area (Å²) in [5.74, 6) is 1.13. The van der Waals surface area contributed by atoms with Crippen LogP contribution in [0.15, 0.2) is 42.5 Å². The first-order valence-electron chi connectivity index (χ1n) is 12.6. The van der Waals surface area contributed by atoms with Crippen LogP contribution in [0.3, 0.4) is 0 Å². The molecule has 8 heteroatoms. The van der Waals surface area contributed by atoms with E-state index in [-0.39, 0.29) is 12.5 Å². The molecule has 3 heterocycles. The van der Waals surface area contributed by atoms with Crippen molar-refractivity contribution >= 4 is 5.91 Å². The maximum atomic E-state index is 13.2. The molecule has 0 spiro atoms. The molecule has 0 aliphatic carbocycles. The van der Waals surface area contributed by atoms with Crippen molar-refractivity contribution in [3.8, 4) is 11.5 Å². The minimum atomic E-state index is -0.617. The van der Waals surface area contributed by atoms with E-state index in [1.807, 2.05) is 6.07 Å². The van der Waals surface area contributed by atoms with Gasteiger partial charge in [-0.05, 0) is 29.7 Å². The van der Waals surface area contributed by atoms with Crippen molar-refractivity contribution in [1.82, 2.24) is 14.7 Å². The maximum Gasteiger partial charge on any atom is 0.257 e. The van der Waals surface area contributed by atoms with Gasteiger partial charge in [0.05, 0.1) is 31.4 Å². The number of carbonyl (C=O) groups excluding carboxylic acids is 1. The van der Waals surface area contributed by atoms with Crippen LogP contribution >= 0.6 is 0 Å². The Morgan fingerprint density at radius 1 is 0.943 bits per heavy atom. The minimum absolute atomic E-state index is 0.111. The third-order valence-corrected chi connectivity index (χ3v) is 6.98. The number of hydrogen-bond donors (Lipinski definition) is 1. The fourth-order valence-corrected chi connectivity index (χ4v) is 5.04. The molecule has 188 valence electrons. The monoisotopic (exact) mass is 481 g/mol. The highest BCUT2D eigenvalue weighted by molar-refractivity contribution is 5.97. The summed E-state index contributed by atoms with van der Waals surface area (Å²) in [6.07, 6.45) is 0.373. The van der Waals surface area contributed by atoms with Gasteiger partial charge in [-0.25, -0.2) is 0 Å². The number of aliphatic hydroxyl groups excluding tert-OH is 1. The van der Waals surface area contributed by atoms with Gasteiger partial charge in [-0.1, -0.05) is 24.3 Å². The number of aliphatic hydroxyl groups is 1. The summed E-state index contributed by atoms with van der Waals surface area (Å²) in [4.78, 5) is 19.5. The molecule has 1 fully saturated rings. The Balaban J connectivity index is 1.14. The molecule has 5 rings (SSSR count). The number of ether oxygens (including phenoxy) is 3. The number of hydrogen-bond acceptors (Lipinski definition) is 7. The van der Waals surface area contributed by atoms with Crippen LogP contribution in [0.5, 0.6) is 11.5 Å².